The molecule has 6 heteroatoms. The second-order valence-electron chi connectivity index (χ2n) is 7.09. The molecule has 1 aliphatic rings. The Labute approximate surface area is 161 Å². The van der Waals surface area contributed by atoms with Gasteiger partial charge in [-0.15, -0.1) is 0 Å². The third kappa shape index (κ3) is 5.55. The van der Waals surface area contributed by atoms with Crippen LogP contribution in [0.25, 0.3) is 0 Å². The Hall–Kier alpha value is -2.37. The van der Waals surface area contributed by atoms with Crippen molar-refractivity contribution in [3.8, 4) is 5.75 Å². The summed E-state index contributed by atoms with van der Waals surface area (Å²) in [7, 11) is 2.81. The van der Waals surface area contributed by atoms with Crippen LogP contribution >= 0.6 is 0 Å². The quantitative estimate of drug-likeness (QED) is 0.463. The van der Waals surface area contributed by atoms with E-state index in [1.807, 2.05) is 24.3 Å². The van der Waals surface area contributed by atoms with Crippen LogP contribution in [0, 0.1) is 5.92 Å². The number of carbonyl (C=O) groups is 3. The average Bonchev–Trinajstić information content (AvgIpc) is 2.68. The smallest absolute Gasteiger partial charge is 0.332 e. The zero-order valence-electron chi connectivity index (χ0n) is 16.6. The van der Waals surface area contributed by atoms with E-state index in [-0.39, 0.29) is 6.42 Å². The topological polar surface area (TPSA) is 66.9 Å². The summed E-state index contributed by atoms with van der Waals surface area (Å²) >= 11 is 0. The number of hydrogen-bond donors (Lipinski definition) is 0. The Morgan fingerprint density at radius 3 is 2.00 bits per heavy atom. The van der Waals surface area contributed by atoms with Crippen molar-refractivity contribution in [1.29, 1.82) is 0 Å². The van der Waals surface area contributed by atoms with Gasteiger partial charge in [0.05, 0.1) is 6.61 Å². The summed E-state index contributed by atoms with van der Waals surface area (Å²) in [5, 5.41) is 0. The molecule has 1 saturated heterocycles. The average molecular weight is 374 g/mol. The number of benzene rings is 1. The molecule has 0 unspecified atom stereocenters. The lowest BCUT2D eigenvalue weighted by atomic mass is 9.95. The number of imide groups is 2. The predicted molar refractivity (Wildman–Crippen MR) is 103 cm³/mol. The molecule has 2 rings (SSSR count). The summed E-state index contributed by atoms with van der Waals surface area (Å²) in [5.74, 6) is -0.969. The number of nitrogens with zero attached hydrogens (tertiary/aromatic N) is 2. The first-order chi connectivity index (χ1) is 13.0. The zero-order chi connectivity index (χ0) is 19.8. The van der Waals surface area contributed by atoms with Crippen molar-refractivity contribution in [2.45, 2.75) is 51.9 Å². The van der Waals surface area contributed by atoms with Crippen LogP contribution in [0.4, 0.5) is 4.79 Å². The maximum absolute atomic E-state index is 12.3. The number of rotatable bonds is 10. The van der Waals surface area contributed by atoms with E-state index in [9.17, 15) is 14.4 Å². The Bertz CT molecular complexity index is 633. The monoisotopic (exact) mass is 374 g/mol. The molecule has 0 aromatic heterocycles. The Morgan fingerprint density at radius 2 is 1.41 bits per heavy atom. The summed E-state index contributed by atoms with van der Waals surface area (Å²) in [6.45, 7) is 2.91. The van der Waals surface area contributed by atoms with Gasteiger partial charge in [0.1, 0.15) is 11.7 Å². The van der Waals surface area contributed by atoms with Gasteiger partial charge in [-0.2, -0.15) is 0 Å². The van der Waals surface area contributed by atoms with Gasteiger partial charge in [-0.1, -0.05) is 51.2 Å². The first kappa shape index (κ1) is 20.9. The maximum atomic E-state index is 12.3. The summed E-state index contributed by atoms with van der Waals surface area (Å²) in [6.07, 6.45) is 7.60. The number of unbranched alkanes of at least 4 members (excludes halogenated alkanes) is 5. The Morgan fingerprint density at radius 1 is 0.852 bits per heavy atom. The number of carbonyl (C=O) groups excluding carboxylic acids is 3. The number of amides is 4. The van der Waals surface area contributed by atoms with E-state index < -0.39 is 23.8 Å². The molecular formula is C21H30N2O4. The molecular weight excluding hydrogens is 344 g/mol. The van der Waals surface area contributed by atoms with Crippen molar-refractivity contribution < 1.29 is 19.1 Å². The predicted octanol–water partition coefficient (Wildman–Crippen LogP) is 3.64. The van der Waals surface area contributed by atoms with E-state index in [4.69, 9.17) is 4.74 Å². The first-order valence-electron chi connectivity index (χ1n) is 9.76. The van der Waals surface area contributed by atoms with Crippen LogP contribution in [-0.2, 0) is 16.0 Å². The van der Waals surface area contributed by atoms with Gasteiger partial charge < -0.3 is 4.74 Å². The highest BCUT2D eigenvalue weighted by molar-refractivity contribution is 6.15. The minimum Gasteiger partial charge on any atom is -0.494 e. The molecule has 6 nitrogen and oxygen atoms in total. The Kier molecular flexibility index (Phi) is 7.82. The zero-order valence-corrected chi connectivity index (χ0v) is 16.6. The van der Waals surface area contributed by atoms with Crippen molar-refractivity contribution >= 4 is 17.8 Å². The SMILES string of the molecule is CCCCCCCCOc1ccc(CC2C(=O)N(C)C(=O)N(C)C2=O)cc1. The maximum Gasteiger partial charge on any atom is 0.332 e. The lowest BCUT2D eigenvalue weighted by molar-refractivity contribution is -0.147. The van der Waals surface area contributed by atoms with Gasteiger partial charge in [-0.05, 0) is 30.5 Å². The molecule has 0 bridgehead atoms. The highest BCUT2D eigenvalue weighted by Gasteiger charge is 2.42. The van der Waals surface area contributed by atoms with Gasteiger partial charge >= 0.3 is 6.03 Å². The molecule has 1 fully saturated rings. The standard InChI is InChI=1S/C21H30N2O4/c1-4-5-6-7-8-9-14-27-17-12-10-16(11-13-17)15-18-19(24)22(2)21(26)23(3)20(18)25/h10-13,18H,4-9,14-15H2,1-3H3. The fourth-order valence-corrected chi connectivity index (χ4v) is 3.19. The molecule has 1 aliphatic heterocycles. The van der Waals surface area contributed by atoms with Crippen molar-refractivity contribution in [2.75, 3.05) is 20.7 Å². The van der Waals surface area contributed by atoms with E-state index in [2.05, 4.69) is 6.92 Å². The molecule has 0 radical (unpaired) electrons. The van der Waals surface area contributed by atoms with Crippen LogP contribution in [0.15, 0.2) is 24.3 Å². The van der Waals surface area contributed by atoms with Gasteiger partial charge in [-0.25, -0.2) is 4.79 Å². The minimum absolute atomic E-state index is 0.275. The largest absolute Gasteiger partial charge is 0.494 e. The lowest BCUT2D eigenvalue weighted by Gasteiger charge is -2.32. The van der Waals surface area contributed by atoms with Crippen molar-refractivity contribution in [3.63, 3.8) is 0 Å². The molecule has 1 aromatic carbocycles. The van der Waals surface area contributed by atoms with Crippen LogP contribution in [-0.4, -0.2) is 48.3 Å². The molecule has 1 heterocycles. The van der Waals surface area contributed by atoms with Crippen LogP contribution in [0.3, 0.4) is 0 Å². The Balaban J connectivity index is 1.82. The van der Waals surface area contributed by atoms with Gasteiger partial charge in [0, 0.05) is 14.1 Å². The number of ether oxygens (including phenoxy) is 1. The number of hydrogen-bond acceptors (Lipinski definition) is 4. The third-order valence-electron chi connectivity index (χ3n) is 4.96. The first-order valence-corrected chi connectivity index (χ1v) is 9.76. The summed E-state index contributed by atoms with van der Waals surface area (Å²) in [5.41, 5.74) is 0.866. The van der Waals surface area contributed by atoms with Crippen molar-refractivity contribution in [1.82, 2.24) is 9.80 Å². The summed E-state index contributed by atoms with van der Waals surface area (Å²) in [4.78, 5) is 38.3. The number of urea groups is 1. The van der Waals surface area contributed by atoms with Gasteiger partial charge in [0.15, 0.2) is 0 Å². The summed E-state index contributed by atoms with van der Waals surface area (Å²) < 4.78 is 5.75. The molecule has 27 heavy (non-hydrogen) atoms. The van der Waals surface area contributed by atoms with Gasteiger partial charge in [0.2, 0.25) is 11.8 Å². The second-order valence-corrected chi connectivity index (χ2v) is 7.09. The highest BCUT2D eigenvalue weighted by Crippen LogP contribution is 2.21. The molecule has 0 spiro atoms. The fourth-order valence-electron chi connectivity index (χ4n) is 3.19. The van der Waals surface area contributed by atoms with Crippen molar-refractivity contribution in [2.24, 2.45) is 5.92 Å². The third-order valence-corrected chi connectivity index (χ3v) is 4.96. The molecule has 1 aromatic rings. The van der Waals surface area contributed by atoms with Crippen LogP contribution in [0.5, 0.6) is 5.75 Å². The van der Waals surface area contributed by atoms with E-state index in [1.54, 1.807) is 0 Å². The number of barbiturate groups is 1. The second kappa shape index (κ2) is 10.1. The van der Waals surface area contributed by atoms with E-state index in [1.165, 1.54) is 46.2 Å². The molecule has 0 atom stereocenters. The van der Waals surface area contributed by atoms with Gasteiger partial charge in [0.25, 0.3) is 0 Å². The van der Waals surface area contributed by atoms with E-state index >= 15 is 0 Å². The van der Waals surface area contributed by atoms with Crippen molar-refractivity contribution in [3.05, 3.63) is 29.8 Å². The van der Waals surface area contributed by atoms with Crippen LogP contribution in [0.2, 0.25) is 0 Å². The fraction of sp³-hybridized carbons (Fsp3) is 0.571. The molecule has 0 N–H and O–H groups in total. The minimum atomic E-state index is -0.854. The van der Waals surface area contributed by atoms with E-state index in [0.29, 0.717) is 6.61 Å². The molecule has 0 aliphatic carbocycles. The normalized spacial score (nSPS) is 15.6. The summed E-state index contributed by atoms with van der Waals surface area (Å²) in [6, 6.07) is 6.88. The molecule has 0 saturated carbocycles. The highest BCUT2D eigenvalue weighted by atomic mass is 16.5. The lowest BCUT2D eigenvalue weighted by Crippen LogP contribution is -2.57. The van der Waals surface area contributed by atoms with E-state index in [0.717, 1.165) is 27.5 Å². The molecule has 148 valence electrons. The van der Waals surface area contributed by atoms with Gasteiger partial charge in [-0.3, -0.25) is 19.4 Å². The van der Waals surface area contributed by atoms with Crippen LogP contribution in [0.1, 0.15) is 51.0 Å². The van der Waals surface area contributed by atoms with Crippen LogP contribution < -0.4 is 4.74 Å². The molecule has 4 amide bonds.